The molecule has 3 aromatic rings. The highest BCUT2D eigenvalue weighted by Crippen LogP contribution is 2.33. The molecule has 0 spiro atoms. The van der Waals surface area contributed by atoms with E-state index in [-0.39, 0.29) is 23.2 Å². The average Bonchev–Trinajstić information content (AvgIpc) is 3.61. The van der Waals surface area contributed by atoms with Gasteiger partial charge in [0.1, 0.15) is 5.75 Å². The van der Waals surface area contributed by atoms with E-state index in [9.17, 15) is 9.59 Å². The number of piperidine rings is 2. The Morgan fingerprint density at radius 1 is 0.909 bits per heavy atom. The molecule has 1 saturated carbocycles. The second-order valence-electron chi connectivity index (χ2n) is 12.5. The van der Waals surface area contributed by atoms with E-state index < -0.39 is 5.91 Å². The zero-order valence-corrected chi connectivity index (χ0v) is 25.6. The molecule has 0 radical (unpaired) electrons. The first-order chi connectivity index (χ1) is 21.5. The molecule has 1 amide bonds. The molecule has 2 saturated heterocycles. The number of ketones is 1. The van der Waals surface area contributed by atoms with Crippen LogP contribution in [0.3, 0.4) is 0 Å². The fraction of sp³-hybridized carbons (Fsp3) is 0.500. The first-order valence-corrected chi connectivity index (χ1v) is 16.0. The van der Waals surface area contributed by atoms with Gasteiger partial charge in [-0.15, -0.1) is 10.2 Å². The lowest BCUT2D eigenvalue weighted by molar-refractivity contribution is 0.0954. The summed E-state index contributed by atoms with van der Waals surface area (Å²) in [4.78, 5) is 34.6. The lowest BCUT2D eigenvalue weighted by Crippen LogP contribution is -2.39. The van der Waals surface area contributed by atoms with Crippen molar-refractivity contribution in [1.82, 2.24) is 20.1 Å². The third-order valence-corrected chi connectivity index (χ3v) is 9.61. The second-order valence-corrected chi connectivity index (χ2v) is 12.5. The minimum atomic E-state index is -0.689. The third-order valence-electron chi connectivity index (χ3n) is 9.61. The van der Waals surface area contributed by atoms with Gasteiger partial charge in [-0.2, -0.15) is 4.98 Å². The summed E-state index contributed by atoms with van der Waals surface area (Å²) >= 11 is 0. The molecule has 10 heteroatoms. The monoisotopic (exact) mass is 597 g/mol. The van der Waals surface area contributed by atoms with Gasteiger partial charge in [0.15, 0.2) is 17.3 Å². The molecule has 2 aromatic carbocycles. The molecule has 6 rings (SSSR count). The maximum atomic E-state index is 13.0. The number of amides is 1. The van der Waals surface area contributed by atoms with Gasteiger partial charge in [0, 0.05) is 36.8 Å². The lowest BCUT2D eigenvalue weighted by Gasteiger charge is -2.36. The van der Waals surface area contributed by atoms with Crippen LogP contribution in [0.15, 0.2) is 48.5 Å². The molecule has 1 aliphatic carbocycles. The predicted molar refractivity (Wildman–Crippen MR) is 171 cm³/mol. The zero-order valence-electron chi connectivity index (χ0n) is 25.6. The van der Waals surface area contributed by atoms with Gasteiger partial charge in [0.2, 0.25) is 5.95 Å². The number of benzene rings is 2. The van der Waals surface area contributed by atoms with Crippen LogP contribution in [0.25, 0.3) is 0 Å². The van der Waals surface area contributed by atoms with Crippen LogP contribution in [0.2, 0.25) is 0 Å². The second kappa shape index (κ2) is 13.7. The number of nitrogens with one attached hydrogen (secondary N) is 1. The quantitative estimate of drug-likeness (QED) is 0.298. The number of methoxy groups -OCH3 is 1. The average molecular weight is 598 g/mol. The van der Waals surface area contributed by atoms with Crippen LogP contribution in [-0.4, -0.2) is 71.1 Å². The van der Waals surface area contributed by atoms with Gasteiger partial charge in [-0.3, -0.25) is 9.59 Å². The van der Waals surface area contributed by atoms with Crippen LogP contribution in [0, 0.1) is 5.92 Å². The number of hydrogen-bond donors (Lipinski definition) is 2. The summed E-state index contributed by atoms with van der Waals surface area (Å²) in [7, 11) is 1.61. The first-order valence-electron chi connectivity index (χ1n) is 16.0. The minimum Gasteiger partial charge on any atom is -0.497 e. The van der Waals surface area contributed by atoms with E-state index in [1.165, 1.54) is 57.2 Å². The number of rotatable bonds is 10. The number of nitrogens with two attached hydrogens (primary N) is 1. The molecule has 1 aromatic heterocycles. The Labute approximate surface area is 259 Å². The summed E-state index contributed by atoms with van der Waals surface area (Å²) in [6.45, 7) is 3.74. The highest BCUT2D eigenvalue weighted by molar-refractivity contribution is 5.96. The fourth-order valence-corrected chi connectivity index (χ4v) is 7.12. The van der Waals surface area contributed by atoms with E-state index in [2.05, 4.69) is 32.5 Å². The Hall–Kier alpha value is -4.05. The van der Waals surface area contributed by atoms with E-state index >= 15 is 0 Å². The Morgan fingerprint density at radius 2 is 1.64 bits per heavy atom. The number of carbonyl (C=O) groups is 2. The standard InChI is InChI=1S/C34H43N7O3/c1-44-29-14-10-26(11-15-29)30(42)21-23-5-4-18-41(22-23)34-37-33(31(32(35)43)38-39-34)36-27-12-8-24(9-13-27)25-16-19-40(20-17-25)28-6-2-3-7-28/h8-15,23,25,28H,2-7,16-22H2,1H3,(H2,35,43)(H,36,37,39)/t23-/m0/s1. The molecular formula is C34H43N7O3. The third kappa shape index (κ3) is 7.01. The number of carbonyl (C=O) groups excluding carboxylic acids is 2. The van der Waals surface area contributed by atoms with Crippen molar-refractivity contribution in [1.29, 1.82) is 0 Å². The fourth-order valence-electron chi connectivity index (χ4n) is 7.12. The summed E-state index contributed by atoms with van der Waals surface area (Å²) in [5.41, 5.74) is 8.48. The van der Waals surface area contributed by atoms with Crippen molar-refractivity contribution in [3.8, 4) is 5.75 Å². The number of ether oxygens (including phenoxy) is 1. The Morgan fingerprint density at radius 3 is 2.32 bits per heavy atom. The van der Waals surface area contributed by atoms with Crippen LogP contribution < -0.4 is 20.7 Å². The summed E-state index contributed by atoms with van der Waals surface area (Å²) in [5, 5.41) is 11.7. The molecule has 1 atom stereocenters. The molecule has 3 heterocycles. The van der Waals surface area contributed by atoms with Crippen LogP contribution >= 0.6 is 0 Å². The van der Waals surface area contributed by atoms with Crippen LogP contribution in [0.1, 0.15) is 90.1 Å². The molecule has 0 unspecified atom stereocenters. The Kier molecular flexibility index (Phi) is 9.35. The molecule has 3 fully saturated rings. The van der Waals surface area contributed by atoms with Crippen molar-refractivity contribution >= 4 is 29.1 Å². The van der Waals surface area contributed by atoms with Crippen molar-refractivity contribution in [3.63, 3.8) is 0 Å². The van der Waals surface area contributed by atoms with Crippen LogP contribution in [0.4, 0.5) is 17.5 Å². The van der Waals surface area contributed by atoms with Gasteiger partial charge in [-0.1, -0.05) is 25.0 Å². The van der Waals surface area contributed by atoms with Gasteiger partial charge in [0.25, 0.3) is 5.91 Å². The number of hydrogen-bond acceptors (Lipinski definition) is 9. The number of primary amides is 1. The van der Waals surface area contributed by atoms with E-state index in [0.717, 1.165) is 36.9 Å². The minimum absolute atomic E-state index is 0.000328. The van der Waals surface area contributed by atoms with Gasteiger partial charge in [-0.05, 0) is 105 Å². The number of anilines is 3. The summed E-state index contributed by atoms with van der Waals surface area (Å²) in [6, 6.07) is 16.4. The number of nitrogens with zero attached hydrogens (tertiary/aromatic N) is 5. The Balaban J connectivity index is 1.09. The molecule has 44 heavy (non-hydrogen) atoms. The highest BCUT2D eigenvalue weighted by atomic mass is 16.5. The van der Waals surface area contributed by atoms with Crippen molar-refractivity contribution in [3.05, 3.63) is 65.4 Å². The molecule has 0 bridgehead atoms. The van der Waals surface area contributed by atoms with Crippen LogP contribution in [-0.2, 0) is 0 Å². The highest BCUT2D eigenvalue weighted by Gasteiger charge is 2.28. The molecule has 10 nitrogen and oxygen atoms in total. The SMILES string of the molecule is COc1ccc(C(=O)C[C@@H]2CCCN(c3nnc(C(N)=O)c(Nc4ccc(C5CCN(C6CCCC6)CC5)cc4)n3)C2)cc1. The Bertz CT molecular complexity index is 1430. The van der Waals surface area contributed by atoms with E-state index in [1.54, 1.807) is 7.11 Å². The molecule has 2 aliphatic heterocycles. The first kappa shape index (κ1) is 30.0. The topological polar surface area (TPSA) is 127 Å². The molecule has 3 aliphatic rings. The number of aromatic nitrogens is 3. The molecular weight excluding hydrogens is 554 g/mol. The van der Waals surface area contributed by atoms with Crippen molar-refractivity contribution in [2.45, 2.75) is 69.7 Å². The predicted octanol–water partition coefficient (Wildman–Crippen LogP) is 5.33. The largest absolute Gasteiger partial charge is 0.497 e. The van der Waals surface area contributed by atoms with Crippen molar-refractivity contribution in [2.24, 2.45) is 11.7 Å². The van der Waals surface area contributed by atoms with Crippen LogP contribution in [0.5, 0.6) is 5.75 Å². The van der Waals surface area contributed by atoms with Gasteiger partial charge in [-0.25, -0.2) is 0 Å². The van der Waals surface area contributed by atoms with E-state index in [4.69, 9.17) is 15.5 Å². The summed E-state index contributed by atoms with van der Waals surface area (Å²) in [5.74, 6) is 1.58. The maximum Gasteiger partial charge on any atom is 0.273 e. The van der Waals surface area contributed by atoms with Gasteiger partial charge < -0.3 is 25.6 Å². The van der Waals surface area contributed by atoms with Crippen molar-refractivity contribution < 1.29 is 14.3 Å². The number of likely N-dealkylation sites (tertiary alicyclic amines) is 1. The summed E-state index contributed by atoms with van der Waals surface area (Å²) < 4.78 is 5.21. The molecule has 232 valence electrons. The zero-order chi connectivity index (χ0) is 30.5. The summed E-state index contributed by atoms with van der Waals surface area (Å²) in [6.07, 6.45) is 10.2. The lowest BCUT2D eigenvalue weighted by atomic mass is 9.88. The van der Waals surface area contributed by atoms with Gasteiger partial charge in [0.05, 0.1) is 7.11 Å². The van der Waals surface area contributed by atoms with Gasteiger partial charge >= 0.3 is 0 Å². The molecule has 3 N–H and O–H groups in total. The number of Topliss-reactive ketones (excluding diaryl/α,β-unsaturated/α-hetero) is 1. The smallest absolute Gasteiger partial charge is 0.273 e. The maximum absolute atomic E-state index is 13.0. The van der Waals surface area contributed by atoms with Crippen molar-refractivity contribution in [2.75, 3.05) is 43.5 Å². The normalized spacial score (nSPS) is 20.0. The van der Waals surface area contributed by atoms with E-state index in [0.29, 0.717) is 30.4 Å². The van der Waals surface area contributed by atoms with E-state index in [1.807, 2.05) is 41.3 Å².